The molecule has 0 aliphatic rings. The first kappa shape index (κ1) is 15.5. The van der Waals surface area contributed by atoms with E-state index < -0.39 is 6.10 Å². The van der Waals surface area contributed by atoms with Crippen LogP contribution in [0.3, 0.4) is 0 Å². The van der Waals surface area contributed by atoms with Crippen LogP contribution in [0.15, 0.2) is 66.7 Å². The monoisotopic (exact) mass is 325 g/mol. The molecule has 0 aliphatic carbocycles. The molecule has 0 fully saturated rings. The van der Waals surface area contributed by atoms with Crippen LogP contribution in [0.2, 0.25) is 5.02 Å². The molecule has 1 atom stereocenters. The maximum Gasteiger partial charge on any atom is 0.251 e. The van der Waals surface area contributed by atoms with E-state index in [4.69, 9.17) is 11.6 Å². The van der Waals surface area contributed by atoms with E-state index >= 15 is 0 Å². The van der Waals surface area contributed by atoms with Crippen molar-refractivity contribution in [2.24, 2.45) is 0 Å². The molecule has 0 heterocycles. The van der Waals surface area contributed by atoms with Crippen LogP contribution in [0.4, 0.5) is 0 Å². The topological polar surface area (TPSA) is 49.3 Å². The number of rotatable bonds is 4. The molecule has 3 aromatic carbocycles. The average Bonchev–Trinajstić information content (AvgIpc) is 2.59. The molecule has 0 saturated carbocycles. The molecule has 0 bridgehead atoms. The van der Waals surface area contributed by atoms with Gasteiger partial charge >= 0.3 is 0 Å². The number of aliphatic hydroxyl groups excluding tert-OH is 1. The normalized spacial score (nSPS) is 12.1. The number of nitrogens with one attached hydrogen (secondary N) is 1. The fourth-order valence-corrected chi connectivity index (χ4v) is 2.76. The second-order valence-corrected chi connectivity index (χ2v) is 5.74. The summed E-state index contributed by atoms with van der Waals surface area (Å²) < 4.78 is 0. The smallest absolute Gasteiger partial charge is 0.251 e. The minimum absolute atomic E-state index is 0.138. The van der Waals surface area contributed by atoms with Gasteiger partial charge in [-0.15, -0.1) is 0 Å². The summed E-state index contributed by atoms with van der Waals surface area (Å²) in [6, 6.07) is 20.3. The predicted molar refractivity (Wildman–Crippen MR) is 92.7 cm³/mol. The number of carbonyl (C=O) groups is 1. The highest BCUT2D eigenvalue weighted by Gasteiger charge is 2.13. The SMILES string of the molecule is O=C(NCC(O)c1cccc2ccccc12)c1cccc(Cl)c1. The van der Waals surface area contributed by atoms with Crippen molar-refractivity contribution in [3.8, 4) is 0 Å². The highest BCUT2D eigenvalue weighted by Crippen LogP contribution is 2.24. The van der Waals surface area contributed by atoms with Gasteiger partial charge in [0, 0.05) is 17.1 Å². The molecule has 0 saturated heterocycles. The van der Waals surface area contributed by atoms with E-state index in [2.05, 4.69) is 5.32 Å². The fraction of sp³-hybridized carbons (Fsp3) is 0.105. The highest BCUT2D eigenvalue weighted by atomic mass is 35.5. The molecule has 4 heteroatoms. The van der Waals surface area contributed by atoms with Crippen molar-refractivity contribution >= 4 is 28.3 Å². The Morgan fingerprint density at radius 3 is 2.61 bits per heavy atom. The number of benzene rings is 3. The number of halogens is 1. The summed E-state index contributed by atoms with van der Waals surface area (Å²) in [6.45, 7) is 0.138. The van der Waals surface area contributed by atoms with E-state index in [0.29, 0.717) is 10.6 Å². The largest absolute Gasteiger partial charge is 0.387 e. The number of aliphatic hydroxyl groups is 1. The van der Waals surface area contributed by atoms with Gasteiger partial charge in [-0.2, -0.15) is 0 Å². The lowest BCUT2D eigenvalue weighted by atomic mass is 10.0. The van der Waals surface area contributed by atoms with E-state index in [1.54, 1.807) is 24.3 Å². The Morgan fingerprint density at radius 1 is 1.04 bits per heavy atom. The third kappa shape index (κ3) is 3.52. The Balaban J connectivity index is 1.74. The van der Waals surface area contributed by atoms with Gasteiger partial charge in [0.2, 0.25) is 0 Å². The molecule has 0 aliphatic heterocycles. The van der Waals surface area contributed by atoms with Gasteiger partial charge in [-0.1, -0.05) is 60.1 Å². The van der Waals surface area contributed by atoms with E-state index in [-0.39, 0.29) is 12.5 Å². The first-order chi connectivity index (χ1) is 11.1. The van der Waals surface area contributed by atoms with Crippen molar-refractivity contribution in [2.45, 2.75) is 6.10 Å². The first-order valence-corrected chi connectivity index (χ1v) is 7.72. The second kappa shape index (κ2) is 6.82. The molecule has 0 spiro atoms. The summed E-state index contributed by atoms with van der Waals surface area (Å²) in [5, 5.41) is 15.7. The molecule has 0 aromatic heterocycles. The molecule has 3 nitrogen and oxygen atoms in total. The van der Waals surface area contributed by atoms with Gasteiger partial charge in [0.05, 0.1) is 6.10 Å². The maximum absolute atomic E-state index is 12.1. The standard InChI is InChI=1S/C19H16ClNO2/c20-15-8-3-7-14(11-15)19(23)21-12-18(22)17-10-4-6-13-5-1-2-9-16(13)17/h1-11,18,22H,12H2,(H,21,23). The van der Waals surface area contributed by atoms with Crippen LogP contribution < -0.4 is 5.32 Å². The lowest BCUT2D eigenvalue weighted by Gasteiger charge is -2.15. The average molecular weight is 326 g/mol. The number of hydrogen-bond donors (Lipinski definition) is 2. The number of hydrogen-bond acceptors (Lipinski definition) is 2. The zero-order chi connectivity index (χ0) is 16.2. The molecule has 2 N–H and O–H groups in total. The van der Waals surface area contributed by atoms with Crippen LogP contribution in [-0.4, -0.2) is 17.6 Å². The van der Waals surface area contributed by atoms with Crippen molar-refractivity contribution in [1.82, 2.24) is 5.32 Å². The molecule has 3 aromatic rings. The summed E-state index contributed by atoms with van der Waals surface area (Å²) >= 11 is 5.88. The zero-order valence-electron chi connectivity index (χ0n) is 12.4. The summed E-state index contributed by atoms with van der Waals surface area (Å²) in [7, 11) is 0. The van der Waals surface area contributed by atoms with Crippen LogP contribution in [0, 0.1) is 0 Å². The van der Waals surface area contributed by atoms with Gasteiger partial charge in [0.15, 0.2) is 0 Å². The van der Waals surface area contributed by atoms with Gasteiger partial charge in [0.1, 0.15) is 0 Å². The Labute approximate surface area is 139 Å². The number of carbonyl (C=O) groups excluding carboxylic acids is 1. The Morgan fingerprint density at radius 2 is 1.78 bits per heavy atom. The third-order valence-electron chi connectivity index (χ3n) is 3.73. The van der Waals surface area contributed by atoms with Crippen LogP contribution >= 0.6 is 11.6 Å². The second-order valence-electron chi connectivity index (χ2n) is 5.30. The van der Waals surface area contributed by atoms with Crippen molar-refractivity contribution in [2.75, 3.05) is 6.54 Å². The van der Waals surface area contributed by atoms with Gasteiger partial charge in [0.25, 0.3) is 5.91 Å². The maximum atomic E-state index is 12.1. The van der Waals surface area contributed by atoms with Crippen molar-refractivity contribution in [3.05, 3.63) is 82.9 Å². The highest BCUT2D eigenvalue weighted by molar-refractivity contribution is 6.30. The summed E-state index contributed by atoms with van der Waals surface area (Å²) in [5.41, 5.74) is 1.28. The molecule has 0 radical (unpaired) electrons. The molecule has 116 valence electrons. The zero-order valence-corrected chi connectivity index (χ0v) is 13.1. The third-order valence-corrected chi connectivity index (χ3v) is 3.96. The van der Waals surface area contributed by atoms with Gasteiger partial charge in [-0.25, -0.2) is 0 Å². The minimum atomic E-state index is -0.774. The van der Waals surface area contributed by atoms with Gasteiger partial charge in [-0.3, -0.25) is 4.79 Å². The molecule has 1 unspecified atom stereocenters. The quantitative estimate of drug-likeness (QED) is 0.763. The van der Waals surface area contributed by atoms with Crippen LogP contribution in [0.1, 0.15) is 22.0 Å². The van der Waals surface area contributed by atoms with E-state index in [9.17, 15) is 9.90 Å². The Hall–Kier alpha value is -2.36. The Kier molecular flexibility index (Phi) is 4.60. The lowest BCUT2D eigenvalue weighted by molar-refractivity contribution is 0.0917. The summed E-state index contributed by atoms with van der Waals surface area (Å²) in [5.74, 6) is -0.258. The summed E-state index contributed by atoms with van der Waals surface area (Å²) in [4.78, 5) is 12.1. The minimum Gasteiger partial charge on any atom is -0.387 e. The van der Waals surface area contributed by atoms with Crippen LogP contribution in [0.25, 0.3) is 10.8 Å². The predicted octanol–water partition coefficient (Wildman–Crippen LogP) is 3.96. The molecule has 23 heavy (non-hydrogen) atoms. The van der Waals surface area contributed by atoms with Crippen LogP contribution in [0.5, 0.6) is 0 Å². The van der Waals surface area contributed by atoms with E-state index in [1.165, 1.54) is 0 Å². The van der Waals surface area contributed by atoms with Crippen molar-refractivity contribution in [3.63, 3.8) is 0 Å². The fourth-order valence-electron chi connectivity index (χ4n) is 2.57. The van der Waals surface area contributed by atoms with Crippen molar-refractivity contribution < 1.29 is 9.90 Å². The lowest BCUT2D eigenvalue weighted by Crippen LogP contribution is -2.28. The summed E-state index contributed by atoms with van der Waals surface area (Å²) in [6.07, 6.45) is -0.774. The van der Waals surface area contributed by atoms with E-state index in [1.807, 2.05) is 42.5 Å². The van der Waals surface area contributed by atoms with E-state index in [0.717, 1.165) is 16.3 Å². The van der Waals surface area contributed by atoms with Crippen molar-refractivity contribution in [1.29, 1.82) is 0 Å². The first-order valence-electron chi connectivity index (χ1n) is 7.34. The van der Waals surface area contributed by atoms with Crippen LogP contribution in [-0.2, 0) is 0 Å². The molecular weight excluding hydrogens is 310 g/mol. The molecular formula is C19H16ClNO2. The molecule has 3 rings (SSSR count). The Bertz CT molecular complexity index is 842. The number of fused-ring (bicyclic) bond motifs is 1. The van der Waals surface area contributed by atoms with Gasteiger partial charge in [-0.05, 0) is 34.5 Å². The van der Waals surface area contributed by atoms with Gasteiger partial charge < -0.3 is 10.4 Å². The molecule has 1 amide bonds. The number of amides is 1.